The predicted molar refractivity (Wildman–Crippen MR) is 136 cm³/mol. The van der Waals surface area contributed by atoms with E-state index >= 15 is 0 Å². The van der Waals surface area contributed by atoms with Gasteiger partial charge in [-0.25, -0.2) is 8.42 Å². The van der Waals surface area contributed by atoms with E-state index in [1.807, 2.05) is 18.7 Å². The molecule has 4 rings (SSSR count). The average Bonchev–Trinajstić information content (AvgIpc) is 3.27. The Hall–Kier alpha value is -2.66. The number of amides is 2. The van der Waals surface area contributed by atoms with Crippen molar-refractivity contribution >= 4 is 50.1 Å². The zero-order valence-electron chi connectivity index (χ0n) is 19.9. The van der Waals surface area contributed by atoms with Crippen molar-refractivity contribution in [2.75, 3.05) is 43.0 Å². The number of H-pyrrole nitrogens is 1. The van der Waals surface area contributed by atoms with Crippen LogP contribution in [0.3, 0.4) is 0 Å². The normalized spacial score (nSPS) is 19.7. The molecular weight excluding hydrogens is 492 g/mol. The lowest BCUT2D eigenvalue weighted by molar-refractivity contribution is -0.110. The van der Waals surface area contributed by atoms with Crippen molar-refractivity contribution in [2.45, 2.75) is 26.9 Å². The number of aliphatic hydroxyl groups is 1. The molecule has 0 saturated carbocycles. The van der Waals surface area contributed by atoms with E-state index in [9.17, 15) is 23.1 Å². The van der Waals surface area contributed by atoms with Crippen LogP contribution in [0.25, 0.3) is 11.1 Å². The number of nitrogens with one attached hydrogen (secondary N) is 3. The molecule has 1 fully saturated rings. The molecule has 1 aromatic carbocycles. The third-order valence-corrected chi connectivity index (χ3v) is 8.39. The number of fused-ring (bicyclic) bond motifs is 1. The summed E-state index contributed by atoms with van der Waals surface area (Å²) in [5.41, 5.74) is 5.08. The molecule has 2 aliphatic heterocycles. The van der Waals surface area contributed by atoms with Gasteiger partial charge in [-0.15, -0.1) is 0 Å². The Morgan fingerprint density at radius 1 is 1.26 bits per heavy atom. The highest BCUT2D eigenvalue weighted by molar-refractivity contribution is 7.91. The molecule has 35 heavy (non-hydrogen) atoms. The third-order valence-electron chi connectivity index (χ3n) is 6.55. The lowest BCUT2D eigenvalue weighted by atomic mass is 9.97. The summed E-state index contributed by atoms with van der Waals surface area (Å²) in [6.45, 7) is 6.50. The molecule has 4 N–H and O–H groups in total. The van der Waals surface area contributed by atoms with Crippen molar-refractivity contribution in [3.05, 3.63) is 51.3 Å². The summed E-state index contributed by atoms with van der Waals surface area (Å²) in [6.07, 6.45) is -0.828. The number of benzene rings is 1. The van der Waals surface area contributed by atoms with Gasteiger partial charge in [0.15, 0.2) is 9.84 Å². The molecular formula is C24H29ClN4O5S. The summed E-state index contributed by atoms with van der Waals surface area (Å²) in [6, 6.07) is 5.22. The number of β-amino-alcohol motifs (C(OH)–C–C–N with tert-alkyl or cyclic N) is 1. The fourth-order valence-corrected chi connectivity index (χ4v) is 6.15. The van der Waals surface area contributed by atoms with Crippen molar-refractivity contribution in [1.82, 2.24) is 15.2 Å². The van der Waals surface area contributed by atoms with Gasteiger partial charge in [-0.1, -0.05) is 11.6 Å². The van der Waals surface area contributed by atoms with Crippen LogP contribution in [0.4, 0.5) is 5.69 Å². The fraction of sp³-hybridized carbons (Fsp3) is 0.417. The van der Waals surface area contributed by atoms with Gasteiger partial charge < -0.3 is 20.7 Å². The van der Waals surface area contributed by atoms with Gasteiger partial charge in [-0.2, -0.15) is 0 Å². The maximum atomic E-state index is 13.0. The summed E-state index contributed by atoms with van der Waals surface area (Å²) in [7, 11) is -2.99. The molecule has 3 heterocycles. The SMILES string of the molecule is C/C(=C1/C(=O)Nc2ccc(Cl)cc21)c1[nH]c(C)c(C(=O)NCC(O)CN2CCS(=O)(=O)CC2)c1C. The topological polar surface area (TPSA) is 132 Å². The summed E-state index contributed by atoms with van der Waals surface area (Å²) >= 11 is 6.15. The van der Waals surface area contributed by atoms with Gasteiger partial charge in [0.25, 0.3) is 11.8 Å². The van der Waals surface area contributed by atoms with E-state index < -0.39 is 15.9 Å². The van der Waals surface area contributed by atoms with Gasteiger partial charge in [0, 0.05) is 53.8 Å². The number of rotatable bonds is 6. The number of aryl methyl sites for hydroxylation is 1. The average molecular weight is 521 g/mol. The zero-order chi connectivity index (χ0) is 25.5. The summed E-state index contributed by atoms with van der Waals surface area (Å²) in [5.74, 6) is -0.397. The number of halogens is 1. The van der Waals surface area contributed by atoms with E-state index in [1.54, 1.807) is 25.1 Å². The van der Waals surface area contributed by atoms with Crippen molar-refractivity contribution in [2.24, 2.45) is 0 Å². The second-order valence-electron chi connectivity index (χ2n) is 9.09. The van der Waals surface area contributed by atoms with Gasteiger partial charge in [-0.05, 0) is 50.1 Å². The Kier molecular flexibility index (Phi) is 7.10. The Morgan fingerprint density at radius 2 is 1.94 bits per heavy atom. The molecule has 0 bridgehead atoms. The number of hydrogen-bond donors (Lipinski definition) is 4. The van der Waals surface area contributed by atoms with Gasteiger partial charge in [0.2, 0.25) is 0 Å². The number of sulfone groups is 1. The first-order valence-corrected chi connectivity index (χ1v) is 13.6. The van der Waals surface area contributed by atoms with Crippen LogP contribution in [0.15, 0.2) is 18.2 Å². The lowest BCUT2D eigenvalue weighted by Crippen LogP contribution is -2.46. The summed E-state index contributed by atoms with van der Waals surface area (Å²) in [4.78, 5) is 30.8. The number of carbonyl (C=O) groups is 2. The van der Waals surface area contributed by atoms with Gasteiger partial charge >= 0.3 is 0 Å². The first-order valence-electron chi connectivity index (χ1n) is 11.4. The standard InChI is InChI=1S/C24H29ClN4O5S/c1-13-20(23(31)26-11-17(30)12-29-6-8-35(33,34)9-7-29)15(3)27-22(13)14(2)21-18-10-16(25)4-5-19(18)28-24(21)32/h4-5,10,17,27,30H,6-9,11-12H2,1-3H3,(H,26,31)(H,28,32)/b21-14-. The predicted octanol–water partition coefficient (Wildman–Crippen LogP) is 1.99. The monoisotopic (exact) mass is 520 g/mol. The second kappa shape index (κ2) is 9.77. The minimum atomic E-state index is -2.99. The first-order chi connectivity index (χ1) is 16.5. The Balaban J connectivity index is 1.48. The minimum absolute atomic E-state index is 0.0375. The second-order valence-corrected chi connectivity index (χ2v) is 11.8. The maximum absolute atomic E-state index is 13.0. The largest absolute Gasteiger partial charge is 0.390 e. The van der Waals surface area contributed by atoms with Crippen molar-refractivity contribution in [3.8, 4) is 0 Å². The number of allylic oxidation sites excluding steroid dienone is 1. The van der Waals surface area contributed by atoms with Crippen LogP contribution in [-0.4, -0.2) is 79.0 Å². The van der Waals surface area contributed by atoms with Crippen LogP contribution < -0.4 is 10.6 Å². The molecule has 0 spiro atoms. The smallest absolute Gasteiger partial charge is 0.256 e. The Morgan fingerprint density at radius 3 is 2.63 bits per heavy atom. The highest BCUT2D eigenvalue weighted by atomic mass is 35.5. The van der Waals surface area contributed by atoms with Crippen LogP contribution in [0, 0.1) is 13.8 Å². The first kappa shape index (κ1) is 25.4. The number of aromatic amines is 1. The van der Waals surface area contributed by atoms with Crippen molar-refractivity contribution in [3.63, 3.8) is 0 Å². The van der Waals surface area contributed by atoms with Crippen LogP contribution in [0.5, 0.6) is 0 Å². The van der Waals surface area contributed by atoms with Crippen LogP contribution in [0.1, 0.15) is 39.8 Å². The molecule has 0 radical (unpaired) electrons. The number of anilines is 1. The molecule has 1 aromatic heterocycles. The number of carbonyl (C=O) groups excluding carboxylic acids is 2. The van der Waals surface area contributed by atoms with Crippen LogP contribution >= 0.6 is 11.6 Å². The van der Waals surface area contributed by atoms with E-state index in [4.69, 9.17) is 11.6 Å². The molecule has 9 nitrogen and oxygen atoms in total. The molecule has 11 heteroatoms. The molecule has 2 amide bonds. The molecule has 0 aliphatic carbocycles. The van der Waals surface area contributed by atoms with Crippen molar-refractivity contribution < 1.29 is 23.1 Å². The van der Waals surface area contributed by atoms with Crippen LogP contribution in [-0.2, 0) is 14.6 Å². The number of hydrogen-bond acceptors (Lipinski definition) is 6. The zero-order valence-corrected chi connectivity index (χ0v) is 21.4. The highest BCUT2D eigenvalue weighted by Gasteiger charge is 2.29. The van der Waals surface area contributed by atoms with E-state index in [2.05, 4.69) is 15.6 Å². The molecule has 1 unspecified atom stereocenters. The summed E-state index contributed by atoms with van der Waals surface area (Å²) in [5, 5.41) is 16.5. The molecule has 2 aliphatic rings. The van der Waals surface area contributed by atoms with Gasteiger partial charge in [-0.3, -0.25) is 14.5 Å². The van der Waals surface area contributed by atoms with E-state index in [1.165, 1.54) is 0 Å². The Labute approximate surface area is 209 Å². The van der Waals surface area contributed by atoms with Gasteiger partial charge in [0.05, 0.1) is 28.7 Å². The van der Waals surface area contributed by atoms with Crippen LogP contribution in [0.2, 0.25) is 5.02 Å². The number of aliphatic hydroxyl groups excluding tert-OH is 1. The molecule has 2 aromatic rings. The number of aromatic nitrogens is 1. The number of nitrogens with zero attached hydrogens (tertiary/aromatic N) is 1. The molecule has 1 atom stereocenters. The minimum Gasteiger partial charge on any atom is -0.390 e. The van der Waals surface area contributed by atoms with Crippen molar-refractivity contribution in [1.29, 1.82) is 0 Å². The van der Waals surface area contributed by atoms with E-state index in [0.29, 0.717) is 63.0 Å². The lowest BCUT2D eigenvalue weighted by Gasteiger charge is -2.28. The fourth-order valence-electron chi connectivity index (χ4n) is 4.70. The van der Waals surface area contributed by atoms with Gasteiger partial charge in [0.1, 0.15) is 0 Å². The summed E-state index contributed by atoms with van der Waals surface area (Å²) < 4.78 is 23.1. The van der Waals surface area contributed by atoms with E-state index in [-0.39, 0.29) is 36.4 Å². The molecule has 1 saturated heterocycles. The Bertz CT molecular complexity index is 1320. The molecule has 188 valence electrons. The third kappa shape index (κ3) is 5.30. The highest BCUT2D eigenvalue weighted by Crippen LogP contribution is 2.39. The van der Waals surface area contributed by atoms with E-state index in [0.717, 1.165) is 0 Å². The quantitative estimate of drug-likeness (QED) is 0.431. The maximum Gasteiger partial charge on any atom is 0.256 e.